The fraction of sp³-hybridized carbons (Fsp3) is 0.708. The van der Waals surface area contributed by atoms with Gasteiger partial charge in [-0.05, 0) is 55.6 Å². The number of fused-ring (bicyclic) bond motifs is 1. The third-order valence-corrected chi connectivity index (χ3v) is 6.33. The molecule has 1 saturated heterocycles. The Labute approximate surface area is 184 Å². The maximum atomic E-state index is 13.5. The third kappa shape index (κ3) is 5.56. The van der Waals surface area contributed by atoms with Gasteiger partial charge in [0.25, 0.3) is 11.5 Å². The number of rotatable bonds is 5. The summed E-state index contributed by atoms with van der Waals surface area (Å²) in [5.41, 5.74) is 1.34. The topological polar surface area (TPSA) is 86.6 Å². The lowest BCUT2D eigenvalue weighted by Gasteiger charge is -2.29. The second-order valence-electron chi connectivity index (χ2n) is 9.79. The van der Waals surface area contributed by atoms with Gasteiger partial charge in [-0.1, -0.05) is 33.6 Å². The number of esters is 1. The van der Waals surface area contributed by atoms with Crippen molar-refractivity contribution in [2.24, 2.45) is 5.41 Å². The molecule has 1 aromatic rings. The van der Waals surface area contributed by atoms with Crippen LogP contribution in [0.2, 0.25) is 0 Å². The summed E-state index contributed by atoms with van der Waals surface area (Å²) < 4.78 is 12.5. The first-order chi connectivity index (χ1) is 14.7. The van der Waals surface area contributed by atoms with Crippen molar-refractivity contribution in [1.29, 1.82) is 0 Å². The van der Waals surface area contributed by atoms with Gasteiger partial charge in [0.05, 0.1) is 19.8 Å². The van der Waals surface area contributed by atoms with Gasteiger partial charge in [0, 0.05) is 12.3 Å². The van der Waals surface area contributed by atoms with E-state index in [0.717, 1.165) is 62.6 Å². The summed E-state index contributed by atoms with van der Waals surface area (Å²) in [7, 11) is 1.30. The summed E-state index contributed by atoms with van der Waals surface area (Å²) in [6.45, 7) is 6.75. The molecule has 0 aromatic carbocycles. The van der Waals surface area contributed by atoms with E-state index in [1.165, 1.54) is 7.11 Å². The number of nitrogens with one attached hydrogen (secondary N) is 1. The van der Waals surface area contributed by atoms with Crippen LogP contribution in [0.3, 0.4) is 0 Å². The van der Waals surface area contributed by atoms with Crippen molar-refractivity contribution in [2.75, 3.05) is 13.7 Å². The van der Waals surface area contributed by atoms with Gasteiger partial charge in [-0.25, -0.2) is 4.79 Å². The highest BCUT2D eigenvalue weighted by atomic mass is 16.5. The predicted molar refractivity (Wildman–Crippen MR) is 118 cm³/mol. The van der Waals surface area contributed by atoms with Crippen molar-refractivity contribution >= 4 is 11.9 Å². The minimum absolute atomic E-state index is 0.00273. The number of aryl methyl sites for hydroxylation is 1. The number of hydrogen-bond acceptors (Lipinski definition) is 5. The quantitative estimate of drug-likeness (QED) is 0.723. The summed E-state index contributed by atoms with van der Waals surface area (Å²) >= 11 is 0. The van der Waals surface area contributed by atoms with Crippen molar-refractivity contribution in [2.45, 2.75) is 90.8 Å². The maximum Gasteiger partial charge on any atom is 0.328 e. The van der Waals surface area contributed by atoms with Gasteiger partial charge in [0.15, 0.2) is 0 Å². The highest BCUT2D eigenvalue weighted by molar-refractivity contribution is 5.97. The van der Waals surface area contributed by atoms with E-state index in [0.29, 0.717) is 13.2 Å². The summed E-state index contributed by atoms with van der Waals surface area (Å²) in [4.78, 5) is 39.0. The lowest BCUT2D eigenvalue weighted by molar-refractivity contribution is -0.145. The molecule has 0 saturated carbocycles. The van der Waals surface area contributed by atoms with Crippen molar-refractivity contribution in [1.82, 2.24) is 9.88 Å². The number of amides is 1. The van der Waals surface area contributed by atoms with E-state index in [1.807, 2.05) is 20.8 Å². The maximum absolute atomic E-state index is 13.5. The molecular formula is C24H36N2O5. The zero-order valence-corrected chi connectivity index (χ0v) is 19.3. The van der Waals surface area contributed by atoms with Gasteiger partial charge in [-0.2, -0.15) is 0 Å². The molecule has 0 bridgehead atoms. The van der Waals surface area contributed by atoms with Crippen LogP contribution < -0.4 is 10.9 Å². The minimum atomic E-state index is -0.849. The molecule has 172 valence electrons. The Morgan fingerprint density at radius 3 is 2.52 bits per heavy atom. The Morgan fingerprint density at radius 2 is 1.90 bits per heavy atom. The molecule has 0 spiro atoms. The monoisotopic (exact) mass is 432 g/mol. The average Bonchev–Trinajstić information content (AvgIpc) is 3.20. The number of aromatic nitrogens is 1. The molecule has 3 rings (SSSR count). The molecule has 2 unspecified atom stereocenters. The molecule has 1 aliphatic heterocycles. The first-order valence-corrected chi connectivity index (χ1v) is 11.5. The van der Waals surface area contributed by atoms with E-state index in [9.17, 15) is 14.4 Å². The molecule has 7 heteroatoms. The summed E-state index contributed by atoms with van der Waals surface area (Å²) in [5, 5.41) is 2.76. The van der Waals surface area contributed by atoms with Gasteiger partial charge in [0.1, 0.15) is 11.6 Å². The Kier molecular flexibility index (Phi) is 7.57. The minimum Gasteiger partial charge on any atom is -0.467 e. The van der Waals surface area contributed by atoms with E-state index < -0.39 is 23.3 Å². The van der Waals surface area contributed by atoms with Crippen LogP contribution in [0.15, 0.2) is 10.9 Å². The Balaban J connectivity index is 2.00. The van der Waals surface area contributed by atoms with Gasteiger partial charge in [0.2, 0.25) is 0 Å². The molecule has 1 N–H and O–H groups in total. The number of pyridine rings is 1. The summed E-state index contributed by atoms with van der Waals surface area (Å²) in [6.07, 6.45) is 8.00. The molecule has 1 aromatic heterocycles. The normalized spacial score (nSPS) is 20.3. The van der Waals surface area contributed by atoms with E-state index >= 15 is 0 Å². The van der Waals surface area contributed by atoms with Crippen LogP contribution in [0, 0.1) is 5.41 Å². The second kappa shape index (κ2) is 9.98. The van der Waals surface area contributed by atoms with Crippen molar-refractivity contribution in [3.8, 4) is 0 Å². The van der Waals surface area contributed by atoms with Crippen LogP contribution in [0.25, 0.3) is 0 Å². The summed E-state index contributed by atoms with van der Waals surface area (Å²) in [5.74, 6) is -1.05. The first-order valence-electron chi connectivity index (χ1n) is 11.5. The predicted octanol–water partition coefficient (Wildman–Crippen LogP) is 3.00. The van der Waals surface area contributed by atoms with Gasteiger partial charge in [-0.3, -0.25) is 9.59 Å². The number of hydrogen-bond donors (Lipinski definition) is 1. The van der Waals surface area contributed by atoms with E-state index in [4.69, 9.17) is 9.47 Å². The van der Waals surface area contributed by atoms with E-state index in [1.54, 1.807) is 10.6 Å². The Morgan fingerprint density at radius 1 is 1.19 bits per heavy atom. The van der Waals surface area contributed by atoms with Crippen LogP contribution in [-0.2, 0) is 33.7 Å². The highest BCUT2D eigenvalue weighted by Gasteiger charge is 2.35. The molecule has 1 aliphatic carbocycles. The molecule has 1 fully saturated rings. The molecule has 2 aliphatic rings. The lowest BCUT2D eigenvalue weighted by atomic mass is 9.86. The zero-order chi connectivity index (χ0) is 22.6. The molecule has 0 radical (unpaired) electrons. The zero-order valence-electron chi connectivity index (χ0n) is 19.3. The third-order valence-electron chi connectivity index (χ3n) is 6.33. The van der Waals surface area contributed by atoms with Gasteiger partial charge < -0.3 is 19.4 Å². The molecular weight excluding hydrogens is 396 g/mol. The molecule has 31 heavy (non-hydrogen) atoms. The van der Waals surface area contributed by atoms with Gasteiger partial charge >= 0.3 is 5.97 Å². The number of carbonyl (C=O) groups excluding carboxylic acids is 2. The van der Waals surface area contributed by atoms with E-state index in [2.05, 4.69) is 5.32 Å². The lowest BCUT2D eigenvalue weighted by Crippen LogP contribution is -2.51. The Bertz CT molecular complexity index is 862. The fourth-order valence-corrected chi connectivity index (χ4v) is 4.54. The van der Waals surface area contributed by atoms with Crippen LogP contribution in [0.1, 0.15) is 80.9 Å². The molecule has 2 atom stereocenters. The first kappa shape index (κ1) is 23.5. The molecule has 1 amide bonds. The van der Waals surface area contributed by atoms with E-state index in [-0.39, 0.29) is 17.2 Å². The highest BCUT2D eigenvalue weighted by Crippen LogP contribution is 2.24. The van der Waals surface area contributed by atoms with Gasteiger partial charge in [-0.15, -0.1) is 0 Å². The number of nitrogens with zero attached hydrogens (tertiary/aromatic N) is 1. The molecule has 2 heterocycles. The van der Waals surface area contributed by atoms with Crippen LogP contribution in [0.5, 0.6) is 0 Å². The second-order valence-corrected chi connectivity index (χ2v) is 9.79. The van der Waals surface area contributed by atoms with Crippen LogP contribution in [-0.4, -0.2) is 42.3 Å². The average molecular weight is 433 g/mol. The number of carbonyl (C=O) groups is 2. The van der Waals surface area contributed by atoms with Crippen molar-refractivity contribution in [3.63, 3.8) is 0 Å². The van der Waals surface area contributed by atoms with Crippen molar-refractivity contribution in [3.05, 3.63) is 33.2 Å². The molecule has 7 nitrogen and oxygen atoms in total. The van der Waals surface area contributed by atoms with Crippen LogP contribution >= 0.6 is 0 Å². The largest absolute Gasteiger partial charge is 0.467 e. The number of ether oxygens (including phenoxy) is 2. The summed E-state index contributed by atoms with van der Waals surface area (Å²) in [6, 6.07) is 0.902. The standard InChI is InChI=1S/C24H36N2O5/c1-24(2,3)20(23(29)30-4)25-21(27)18-14-16-10-7-5-6-8-12-19(16)26(22(18)28)15-17-11-9-13-31-17/h14,17,20H,5-13,15H2,1-4H3,(H,25,27). The number of methoxy groups -OCH3 is 1. The smallest absolute Gasteiger partial charge is 0.328 e. The van der Waals surface area contributed by atoms with Crippen molar-refractivity contribution < 1.29 is 19.1 Å². The Hall–Kier alpha value is -2.15. The SMILES string of the molecule is COC(=O)C(NC(=O)c1cc2c(n(CC3CCCO3)c1=O)CCCCCC2)C(C)(C)C. The van der Waals surface area contributed by atoms with Crippen LogP contribution in [0.4, 0.5) is 0 Å². The fourth-order valence-electron chi connectivity index (χ4n) is 4.54.